The van der Waals surface area contributed by atoms with Crippen LogP contribution in [0.4, 0.5) is 0 Å². The van der Waals surface area contributed by atoms with Crippen LogP contribution in [0, 0.1) is 35.0 Å². The highest BCUT2D eigenvalue weighted by molar-refractivity contribution is 5.17. The first kappa shape index (κ1) is 30.9. The molecule has 0 bridgehead atoms. The van der Waals surface area contributed by atoms with Gasteiger partial charge in [-0.1, -0.05) is 20.3 Å². The smallest absolute Gasteiger partial charge is 0.186 e. The van der Waals surface area contributed by atoms with E-state index in [9.17, 15) is 46.0 Å². The summed E-state index contributed by atoms with van der Waals surface area (Å²) in [5, 5.41) is 91.9. The molecule has 0 unspecified atom stereocenters. The van der Waals surface area contributed by atoms with Crippen LogP contribution in [0.3, 0.4) is 0 Å². The van der Waals surface area contributed by atoms with Gasteiger partial charge in [-0.25, -0.2) is 0 Å². The summed E-state index contributed by atoms with van der Waals surface area (Å²) in [6.07, 6.45) is -10.9. The maximum absolute atomic E-state index is 11.9. The largest absolute Gasteiger partial charge is 0.394 e. The Balaban J connectivity index is 1.24. The van der Waals surface area contributed by atoms with Gasteiger partial charge >= 0.3 is 0 Å². The number of aliphatic hydroxyl groups is 9. The topological polar surface area (TPSA) is 219 Å². The van der Waals surface area contributed by atoms with Crippen molar-refractivity contribution >= 4 is 0 Å². The van der Waals surface area contributed by atoms with E-state index in [0.29, 0.717) is 18.8 Å². The van der Waals surface area contributed by atoms with Crippen molar-refractivity contribution in [1.82, 2.24) is 0 Å². The molecule has 2 saturated heterocycles. The average Bonchev–Trinajstić information content (AvgIpc) is 3.37. The zero-order valence-corrected chi connectivity index (χ0v) is 23.0. The number of rotatable bonds is 8. The van der Waals surface area contributed by atoms with Gasteiger partial charge in [0.15, 0.2) is 12.6 Å². The molecule has 13 heteroatoms. The molecular formula is C27H46O13. The molecule has 2 aliphatic heterocycles. The van der Waals surface area contributed by atoms with Crippen LogP contribution in [0.25, 0.3) is 0 Å². The lowest BCUT2D eigenvalue weighted by Crippen LogP contribution is -2.60. The molecule has 0 radical (unpaired) electrons. The van der Waals surface area contributed by atoms with Crippen LogP contribution in [0.15, 0.2) is 0 Å². The molecular weight excluding hydrogens is 532 g/mol. The number of aliphatic hydroxyl groups excluding tert-OH is 8. The van der Waals surface area contributed by atoms with E-state index in [1.807, 2.05) is 0 Å². The van der Waals surface area contributed by atoms with E-state index in [2.05, 4.69) is 13.8 Å². The Kier molecular flexibility index (Phi) is 8.91. The van der Waals surface area contributed by atoms with Gasteiger partial charge in [0.1, 0.15) is 48.8 Å². The molecule has 0 spiro atoms. The first-order valence-corrected chi connectivity index (χ1v) is 14.4. The molecule has 232 valence electrons. The molecule has 2 heterocycles. The summed E-state index contributed by atoms with van der Waals surface area (Å²) in [5.41, 5.74) is -1.47. The monoisotopic (exact) mass is 578 g/mol. The molecule has 0 aromatic heterocycles. The van der Waals surface area contributed by atoms with Crippen molar-refractivity contribution in [2.24, 2.45) is 35.0 Å². The Morgan fingerprint density at radius 3 is 1.75 bits per heavy atom. The summed E-state index contributed by atoms with van der Waals surface area (Å²) in [7, 11) is 0. The lowest BCUT2D eigenvalue weighted by Gasteiger charge is -2.43. The van der Waals surface area contributed by atoms with Gasteiger partial charge in [0, 0.05) is 0 Å². The first-order valence-electron chi connectivity index (χ1n) is 14.4. The molecule has 5 fully saturated rings. The number of fused-ring (bicyclic) bond motifs is 3. The van der Waals surface area contributed by atoms with Gasteiger partial charge in [0.05, 0.1) is 32.0 Å². The van der Waals surface area contributed by atoms with Crippen molar-refractivity contribution in [3.8, 4) is 0 Å². The Labute approximate surface area is 233 Å². The predicted octanol–water partition coefficient (Wildman–Crippen LogP) is -2.94. The molecule has 9 N–H and O–H groups in total. The molecule has 0 aromatic carbocycles. The van der Waals surface area contributed by atoms with Crippen molar-refractivity contribution in [2.75, 3.05) is 26.4 Å². The summed E-state index contributed by atoms with van der Waals surface area (Å²) < 4.78 is 22.8. The van der Waals surface area contributed by atoms with Crippen molar-refractivity contribution in [3.05, 3.63) is 0 Å². The summed E-state index contributed by atoms with van der Waals surface area (Å²) in [4.78, 5) is 0. The van der Waals surface area contributed by atoms with Crippen molar-refractivity contribution in [3.63, 3.8) is 0 Å². The van der Waals surface area contributed by atoms with E-state index in [1.165, 1.54) is 0 Å². The number of hydrogen-bond acceptors (Lipinski definition) is 13. The number of hydrogen-bond donors (Lipinski definition) is 9. The summed E-state index contributed by atoms with van der Waals surface area (Å²) in [6.45, 7) is 3.29. The highest BCUT2D eigenvalue weighted by atomic mass is 16.7. The fourth-order valence-corrected chi connectivity index (χ4v) is 8.24. The van der Waals surface area contributed by atoms with E-state index in [0.717, 1.165) is 12.8 Å². The highest BCUT2D eigenvalue weighted by Crippen LogP contribution is 2.71. The van der Waals surface area contributed by atoms with Crippen molar-refractivity contribution in [2.45, 2.75) is 107 Å². The fraction of sp³-hybridized carbons (Fsp3) is 1.00. The maximum Gasteiger partial charge on any atom is 0.186 e. The van der Waals surface area contributed by atoms with Gasteiger partial charge < -0.3 is 64.9 Å². The van der Waals surface area contributed by atoms with Crippen LogP contribution in [0.2, 0.25) is 0 Å². The predicted molar refractivity (Wildman–Crippen MR) is 134 cm³/mol. The summed E-state index contributed by atoms with van der Waals surface area (Å²) >= 11 is 0. The third-order valence-corrected chi connectivity index (χ3v) is 10.7. The molecule has 5 aliphatic rings. The standard InChI is InChI=1S/C27H46O13/c1-11-3-4-12-16(11)17-13(26(17,2)9-37-24-22(34)20(32)18(30)14(7-28)39-24)5-6-27(12,36)10-38-25-23(35)21(33)19(31)15(8-29)40-25/h11-25,28-36H,3-10H2,1-2H3/t11-,12+,13-,14-,15-,16-,17-,18-,19-,20+,21+,22-,23-,24-,25-,26-,27-/m1/s1. The Morgan fingerprint density at radius 1 is 0.700 bits per heavy atom. The summed E-state index contributed by atoms with van der Waals surface area (Å²) in [6, 6.07) is 0. The average molecular weight is 579 g/mol. The minimum absolute atomic E-state index is 0.100. The lowest BCUT2D eigenvalue weighted by molar-refractivity contribution is -0.311. The van der Waals surface area contributed by atoms with Gasteiger partial charge in [0.25, 0.3) is 0 Å². The second kappa shape index (κ2) is 11.5. The highest BCUT2D eigenvalue weighted by Gasteiger charge is 2.70. The van der Waals surface area contributed by atoms with E-state index >= 15 is 0 Å². The molecule has 0 amide bonds. The van der Waals surface area contributed by atoms with E-state index in [1.54, 1.807) is 0 Å². The molecule has 17 atom stereocenters. The number of ether oxygens (including phenoxy) is 4. The molecule has 5 rings (SSSR count). The summed E-state index contributed by atoms with van der Waals surface area (Å²) in [5.74, 6) is 0.812. The van der Waals surface area contributed by atoms with Crippen molar-refractivity contribution in [1.29, 1.82) is 0 Å². The Morgan fingerprint density at radius 2 is 1.23 bits per heavy atom. The lowest BCUT2D eigenvalue weighted by atomic mass is 9.73. The maximum atomic E-state index is 11.9. The Hall–Kier alpha value is -0.520. The van der Waals surface area contributed by atoms with Crippen LogP contribution in [0.1, 0.15) is 39.5 Å². The minimum Gasteiger partial charge on any atom is -0.394 e. The molecule has 13 nitrogen and oxygen atoms in total. The zero-order valence-electron chi connectivity index (χ0n) is 23.0. The van der Waals surface area contributed by atoms with Gasteiger partial charge in [-0.15, -0.1) is 0 Å². The second-order valence-electron chi connectivity index (χ2n) is 13.0. The van der Waals surface area contributed by atoms with Gasteiger partial charge in [-0.05, 0) is 54.3 Å². The van der Waals surface area contributed by atoms with Crippen LogP contribution < -0.4 is 0 Å². The van der Waals surface area contributed by atoms with Gasteiger partial charge in [-0.3, -0.25) is 0 Å². The quantitative estimate of drug-likeness (QED) is 0.141. The van der Waals surface area contributed by atoms with Crippen LogP contribution in [-0.2, 0) is 18.9 Å². The Bertz CT molecular complexity index is 875. The molecule has 3 aliphatic carbocycles. The van der Waals surface area contributed by atoms with E-state index in [4.69, 9.17) is 18.9 Å². The molecule has 0 aromatic rings. The third kappa shape index (κ3) is 5.14. The first-order chi connectivity index (χ1) is 18.9. The van der Waals surface area contributed by atoms with E-state index in [-0.39, 0.29) is 42.3 Å². The molecule has 40 heavy (non-hydrogen) atoms. The second-order valence-corrected chi connectivity index (χ2v) is 13.0. The van der Waals surface area contributed by atoms with Crippen LogP contribution in [0.5, 0.6) is 0 Å². The fourth-order valence-electron chi connectivity index (χ4n) is 8.24. The van der Waals surface area contributed by atoms with Crippen LogP contribution in [-0.4, -0.2) is 139 Å². The van der Waals surface area contributed by atoms with E-state index < -0.39 is 80.2 Å². The normalized spacial score (nSPS) is 56.3. The van der Waals surface area contributed by atoms with Gasteiger partial charge in [0.2, 0.25) is 0 Å². The van der Waals surface area contributed by atoms with Gasteiger partial charge in [-0.2, -0.15) is 0 Å². The van der Waals surface area contributed by atoms with Crippen molar-refractivity contribution < 1.29 is 64.9 Å². The van der Waals surface area contributed by atoms with Crippen LogP contribution >= 0.6 is 0 Å². The zero-order chi connectivity index (χ0) is 29.1. The SMILES string of the molecule is C[C@@H]1CC[C@H]2[C@@H]1[C@H]1[C@@H](CC[C@@]2(O)CO[C@@H]2O[C@H](CO)[C@@H](O)[C@H](O)[C@H]2O)[C@@]1(C)CO[C@@H]1O[C@H](CO)[C@@H](O)[C@H](O)[C@H]1O. The minimum atomic E-state index is -1.56. The third-order valence-electron chi connectivity index (χ3n) is 10.7. The molecule has 3 saturated carbocycles.